The summed E-state index contributed by atoms with van der Waals surface area (Å²) >= 11 is 1.20. The number of benzene rings is 1. The van der Waals surface area contributed by atoms with Gasteiger partial charge in [-0.25, -0.2) is 9.37 Å². The summed E-state index contributed by atoms with van der Waals surface area (Å²) in [6, 6.07) is 6.01. The summed E-state index contributed by atoms with van der Waals surface area (Å²) in [5.74, 6) is -1.07. The van der Waals surface area contributed by atoms with Crippen molar-refractivity contribution in [1.29, 1.82) is 0 Å². The lowest BCUT2D eigenvalue weighted by molar-refractivity contribution is -0.117. The van der Waals surface area contributed by atoms with E-state index in [1.807, 2.05) is 6.92 Å². The molecule has 0 aliphatic rings. The first kappa shape index (κ1) is 16.8. The maximum Gasteiger partial charge on any atom is 0.244 e. The number of carbonyl (C=O) groups excluding carboxylic acids is 2. The van der Waals surface area contributed by atoms with Crippen LogP contribution in [0.4, 0.5) is 15.2 Å². The molecule has 0 saturated carbocycles. The molecule has 0 bridgehead atoms. The smallest absolute Gasteiger partial charge is 0.244 e. The van der Waals surface area contributed by atoms with Crippen molar-refractivity contribution < 1.29 is 14.0 Å². The highest BCUT2D eigenvalue weighted by molar-refractivity contribution is 7.14. The molecule has 1 heterocycles. The van der Waals surface area contributed by atoms with Crippen LogP contribution >= 0.6 is 11.3 Å². The summed E-state index contributed by atoms with van der Waals surface area (Å²) in [4.78, 5) is 28.8. The molecule has 1 aromatic carbocycles. The fourth-order valence-corrected chi connectivity index (χ4v) is 2.74. The predicted octanol–water partition coefficient (Wildman–Crippen LogP) is 3.12. The number of halogens is 1. The van der Waals surface area contributed by atoms with Crippen LogP contribution in [-0.4, -0.2) is 23.3 Å². The zero-order chi connectivity index (χ0) is 16.8. The minimum atomic E-state index is -0.502. The van der Waals surface area contributed by atoms with Crippen molar-refractivity contribution in [3.63, 3.8) is 0 Å². The van der Waals surface area contributed by atoms with Crippen molar-refractivity contribution in [2.45, 2.75) is 13.8 Å². The minimum absolute atomic E-state index is 0.147. The molecule has 0 saturated heterocycles. The number of rotatable bonds is 5. The lowest BCUT2D eigenvalue weighted by Crippen LogP contribution is -2.23. The van der Waals surface area contributed by atoms with Crippen molar-refractivity contribution in [3.05, 3.63) is 47.2 Å². The molecular weight excluding hydrogens is 317 g/mol. The van der Waals surface area contributed by atoms with Crippen LogP contribution in [0.2, 0.25) is 0 Å². The van der Waals surface area contributed by atoms with E-state index in [-0.39, 0.29) is 17.5 Å². The van der Waals surface area contributed by atoms with Gasteiger partial charge in [0, 0.05) is 24.9 Å². The molecule has 0 spiro atoms. The number of anilines is 2. The highest BCUT2D eigenvalue weighted by atomic mass is 32.1. The fourth-order valence-electron chi connectivity index (χ4n) is 1.89. The Labute approximate surface area is 137 Å². The van der Waals surface area contributed by atoms with Crippen LogP contribution in [0.5, 0.6) is 0 Å². The van der Waals surface area contributed by atoms with Crippen molar-refractivity contribution >= 4 is 40.0 Å². The predicted molar refractivity (Wildman–Crippen MR) is 89.1 cm³/mol. The van der Waals surface area contributed by atoms with Gasteiger partial charge in [0.05, 0.1) is 11.4 Å². The number of carbonyl (C=O) groups is 2. The Morgan fingerprint density at radius 2 is 2.13 bits per heavy atom. The Bertz CT molecular complexity index is 742. The van der Waals surface area contributed by atoms with E-state index in [1.54, 1.807) is 23.6 Å². The molecule has 0 unspecified atom stereocenters. The molecule has 0 aliphatic carbocycles. The Kier molecular flexibility index (Phi) is 5.59. The largest absolute Gasteiger partial charge is 0.353 e. The number of nitrogens with zero attached hydrogens (tertiary/aromatic N) is 2. The van der Waals surface area contributed by atoms with Crippen LogP contribution in [0.3, 0.4) is 0 Å². The SMILES string of the molecule is CCNC(=O)/C=C/c1csc(N(C(C)=O)c2ccccc2F)n1. The standard InChI is InChI=1S/C16H16FN3O2S/c1-3-18-15(22)9-8-12-10-23-16(19-12)20(11(2)21)14-7-5-4-6-13(14)17/h4-10H,3H2,1-2H3,(H,18,22)/b9-8+. The van der Waals surface area contributed by atoms with Gasteiger partial charge in [-0.3, -0.25) is 14.5 Å². The van der Waals surface area contributed by atoms with Gasteiger partial charge in [0.25, 0.3) is 0 Å². The molecule has 7 heteroatoms. The third-order valence-electron chi connectivity index (χ3n) is 2.87. The Morgan fingerprint density at radius 3 is 2.78 bits per heavy atom. The van der Waals surface area contributed by atoms with Gasteiger partial charge in [-0.1, -0.05) is 12.1 Å². The molecule has 23 heavy (non-hydrogen) atoms. The number of para-hydroxylation sites is 1. The minimum Gasteiger partial charge on any atom is -0.353 e. The van der Waals surface area contributed by atoms with Crippen LogP contribution in [0, 0.1) is 5.82 Å². The number of hydrogen-bond acceptors (Lipinski definition) is 4. The number of aromatic nitrogens is 1. The van der Waals surface area contributed by atoms with E-state index in [0.717, 1.165) is 0 Å². The van der Waals surface area contributed by atoms with Crippen LogP contribution in [0.25, 0.3) is 6.08 Å². The van der Waals surface area contributed by atoms with E-state index in [4.69, 9.17) is 0 Å². The third kappa shape index (κ3) is 4.23. The van der Waals surface area contributed by atoms with E-state index < -0.39 is 5.82 Å². The van der Waals surface area contributed by atoms with E-state index in [2.05, 4.69) is 10.3 Å². The van der Waals surface area contributed by atoms with Crippen molar-refractivity contribution in [1.82, 2.24) is 10.3 Å². The molecule has 0 radical (unpaired) electrons. The zero-order valence-corrected chi connectivity index (χ0v) is 13.6. The lowest BCUT2D eigenvalue weighted by atomic mass is 10.3. The Morgan fingerprint density at radius 1 is 1.39 bits per heavy atom. The molecule has 0 atom stereocenters. The Balaban J connectivity index is 2.27. The van der Waals surface area contributed by atoms with Crippen LogP contribution < -0.4 is 10.2 Å². The van der Waals surface area contributed by atoms with Gasteiger partial charge in [-0.2, -0.15) is 0 Å². The summed E-state index contributed by atoms with van der Waals surface area (Å²) in [5, 5.41) is 4.67. The van der Waals surface area contributed by atoms with Crippen molar-refractivity contribution in [2.75, 3.05) is 11.4 Å². The van der Waals surface area contributed by atoms with E-state index in [0.29, 0.717) is 17.4 Å². The van der Waals surface area contributed by atoms with Gasteiger partial charge in [0.2, 0.25) is 11.8 Å². The molecular formula is C16H16FN3O2S. The van der Waals surface area contributed by atoms with Gasteiger partial charge in [-0.05, 0) is 25.1 Å². The second-order valence-corrected chi connectivity index (χ2v) is 5.43. The molecule has 0 fully saturated rings. The van der Waals surface area contributed by atoms with Gasteiger partial charge in [-0.15, -0.1) is 11.3 Å². The molecule has 1 N–H and O–H groups in total. The second-order valence-electron chi connectivity index (χ2n) is 4.59. The first-order chi connectivity index (χ1) is 11.0. The highest BCUT2D eigenvalue weighted by Crippen LogP contribution is 2.30. The second kappa shape index (κ2) is 7.64. The van der Waals surface area contributed by atoms with Crippen LogP contribution in [0.1, 0.15) is 19.5 Å². The topological polar surface area (TPSA) is 62.3 Å². The maximum atomic E-state index is 13.9. The molecule has 2 rings (SSSR count). The molecule has 120 valence electrons. The number of hydrogen-bond donors (Lipinski definition) is 1. The third-order valence-corrected chi connectivity index (χ3v) is 3.71. The number of nitrogens with one attached hydrogen (secondary N) is 1. The van der Waals surface area contributed by atoms with Crippen molar-refractivity contribution in [2.24, 2.45) is 0 Å². The molecule has 1 aromatic heterocycles. The summed E-state index contributed by atoms with van der Waals surface area (Å²) in [6.07, 6.45) is 2.91. The first-order valence-corrected chi connectivity index (χ1v) is 7.87. The number of thiazole rings is 1. The van der Waals surface area contributed by atoms with Gasteiger partial charge < -0.3 is 5.32 Å². The average Bonchev–Trinajstić information content (AvgIpc) is 2.96. The summed E-state index contributed by atoms with van der Waals surface area (Å²) in [7, 11) is 0. The summed E-state index contributed by atoms with van der Waals surface area (Å²) in [5.41, 5.74) is 0.674. The van der Waals surface area contributed by atoms with Crippen LogP contribution in [-0.2, 0) is 9.59 Å². The normalized spacial score (nSPS) is 10.7. The van der Waals surface area contributed by atoms with E-state index >= 15 is 0 Å². The van der Waals surface area contributed by atoms with E-state index in [1.165, 1.54) is 41.4 Å². The fraction of sp³-hybridized carbons (Fsp3) is 0.188. The average molecular weight is 333 g/mol. The zero-order valence-electron chi connectivity index (χ0n) is 12.7. The molecule has 5 nitrogen and oxygen atoms in total. The lowest BCUT2D eigenvalue weighted by Gasteiger charge is -2.18. The van der Waals surface area contributed by atoms with Gasteiger partial charge >= 0.3 is 0 Å². The quantitative estimate of drug-likeness (QED) is 0.855. The molecule has 0 aliphatic heterocycles. The first-order valence-electron chi connectivity index (χ1n) is 6.99. The molecule has 2 aromatic rings. The maximum absolute atomic E-state index is 13.9. The van der Waals surface area contributed by atoms with Crippen molar-refractivity contribution in [3.8, 4) is 0 Å². The van der Waals surface area contributed by atoms with Gasteiger partial charge in [0.15, 0.2) is 5.13 Å². The monoisotopic (exact) mass is 333 g/mol. The summed E-state index contributed by atoms with van der Waals surface area (Å²) < 4.78 is 13.9. The highest BCUT2D eigenvalue weighted by Gasteiger charge is 2.20. The number of amides is 2. The summed E-state index contributed by atoms with van der Waals surface area (Å²) in [6.45, 7) is 3.71. The Hall–Kier alpha value is -2.54. The van der Waals surface area contributed by atoms with Gasteiger partial charge in [0.1, 0.15) is 5.82 Å². The molecule has 2 amide bonds. The number of likely N-dealkylation sites (N-methyl/N-ethyl adjacent to an activating group) is 1. The van der Waals surface area contributed by atoms with E-state index in [9.17, 15) is 14.0 Å². The van der Waals surface area contributed by atoms with Crippen LogP contribution in [0.15, 0.2) is 35.7 Å².